The molecule has 4 rings (SSSR count). The molecule has 3 heterocycles. The normalized spacial score (nSPS) is 24.9. The van der Waals surface area contributed by atoms with Gasteiger partial charge in [-0.15, -0.1) is 0 Å². The zero-order valence-electron chi connectivity index (χ0n) is 17.0. The summed E-state index contributed by atoms with van der Waals surface area (Å²) in [6, 6.07) is 7.25. The molecule has 2 aromatic rings. The van der Waals surface area contributed by atoms with Crippen LogP contribution in [-0.4, -0.2) is 40.5 Å². The summed E-state index contributed by atoms with van der Waals surface area (Å²) < 4.78 is 51.4. The molecule has 2 fully saturated rings. The van der Waals surface area contributed by atoms with Crippen molar-refractivity contribution in [3.8, 4) is 0 Å². The molecule has 0 aliphatic carbocycles. The average molecular weight is 437 g/mol. The van der Waals surface area contributed by atoms with Crippen LogP contribution in [-0.2, 0) is 27.5 Å². The summed E-state index contributed by atoms with van der Waals surface area (Å²) in [7, 11) is 1.44. The summed E-state index contributed by atoms with van der Waals surface area (Å²) in [6.45, 7) is 1.97. The van der Waals surface area contributed by atoms with Gasteiger partial charge in [-0.3, -0.25) is 9.48 Å². The Labute approximate surface area is 176 Å². The second-order valence-corrected chi connectivity index (χ2v) is 7.70. The third kappa shape index (κ3) is 4.04. The lowest BCUT2D eigenvalue weighted by Crippen LogP contribution is -2.36. The molecule has 0 radical (unpaired) electrons. The molecule has 10 heteroatoms. The van der Waals surface area contributed by atoms with Gasteiger partial charge < -0.3 is 14.8 Å². The third-order valence-corrected chi connectivity index (χ3v) is 5.79. The fraction of sp³-hybridized carbons (Fsp3) is 0.476. The standard InChI is InChI=1S/C21H22F3N3O4/c1-3-30-20(29)11-4-6-12(7-5-11)25-19(28)18-15-9-8-14(31-15)17(18)13-10-16(21(22,23)24)26-27(13)2/h4-7,10,14-15,17-18H,3,8-9H2,1-2H3,(H,25,28)/t14-,15+,17+,18-/m0/s1. The maximum absolute atomic E-state index is 13.1. The van der Waals surface area contributed by atoms with E-state index in [0.29, 0.717) is 29.8 Å². The summed E-state index contributed by atoms with van der Waals surface area (Å²) in [5, 5.41) is 6.39. The molecule has 1 amide bonds. The summed E-state index contributed by atoms with van der Waals surface area (Å²) in [4.78, 5) is 24.9. The number of nitrogens with zero attached hydrogens (tertiary/aromatic N) is 2. The number of hydrogen-bond acceptors (Lipinski definition) is 5. The maximum Gasteiger partial charge on any atom is 0.435 e. The molecule has 2 saturated heterocycles. The number of carbonyl (C=O) groups is 2. The molecular weight excluding hydrogens is 415 g/mol. The predicted molar refractivity (Wildman–Crippen MR) is 103 cm³/mol. The van der Waals surface area contributed by atoms with Crippen LogP contribution in [0.2, 0.25) is 0 Å². The molecule has 1 aromatic heterocycles. The van der Waals surface area contributed by atoms with E-state index < -0.39 is 29.7 Å². The van der Waals surface area contributed by atoms with Gasteiger partial charge in [-0.25, -0.2) is 4.79 Å². The Morgan fingerprint density at radius 1 is 1.23 bits per heavy atom. The molecule has 1 aromatic carbocycles. The zero-order valence-corrected chi connectivity index (χ0v) is 17.0. The summed E-state index contributed by atoms with van der Waals surface area (Å²) in [6.07, 6.45) is -3.90. The van der Waals surface area contributed by atoms with Crippen LogP contribution in [0.25, 0.3) is 0 Å². The highest BCUT2D eigenvalue weighted by Crippen LogP contribution is 2.49. The Balaban J connectivity index is 1.54. The largest absolute Gasteiger partial charge is 0.462 e. The highest BCUT2D eigenvalue weighted by Gasteiger charge is 2.54. The van der Waals surface area contributed by atoms with Crippen LogP contribution in [0.15, 0.2) is 30.3 Å². The van der Waals surface area contributed by atoms with Crippen molar-refractivity contribution in [1.82, 2.24) is 9.78 Å². The molecule has 1 N–H and O–H groups in total. The maximum atomic E-state index is 13.1. The molecule has 0 unspecified atom stereocenters. The van der Waals surface area contributed by atoms with Crippen LogP contribution < -0.4 is 5.32 Å². The van der Waals surface area contributed by atoms with Gasteiger partial charge in [0.05, 0.1) is 30.3 Å². The lowest BCUT2D eigenvalue weighted by atomic mass is 9.76. The number of benzene rings is 1. The van der Waals surface area contributed by atoms with Gasteiger partial charge in [0.2, 0.25) is 5.91 Å². The van der Waals surface area contributed by atoms with Crippen LogP contribution in [0, 0.1) is 5.92 Å². The number of rotatable bonds is 5. The van der Waals surface area contributed by atoms with Crippen molar-refractivity contribution < 1.29 is 32.2 Å². The first-order valence-corrected chi connectivity index (χ1v) is 10.0. The van der Waals surface area contributed by atoms with Gasteiger partial charge in [0, 0.05) is 24.3 Å². The Morgan fingerprint density at radius 3 is 2.52 bits per heavy atom. The average Bonchev–Trinajstić information content (AvgIpc) is 3.42. The minimum absolute atomic E-state index is 0.257. The van der Waals surface area contributed by atoms with E-state index >= 15 is 0 Å². The number of amides is 1. The molecule has 166 valence electrons. The second-order valence-electron chi connectivity index (χ2n) is 7.70. The number of carbonyl (C=O) groups excluding carboxylic acids is 2. The van der Waals surface area contributed by atoms with E-state index in [1.54, 1.807) is 31.2 Å². The number of aromatic nitrogens is 2. The highest BCUT2D eigenvalue weighted by molar-refractivity contribution is 5.95. The fourth-order valence-electron chi connectivity index (χ4n) is 4.45. The van der Waals surface area contributed by atoms with Crippen LogP contribution in [0.1, 0.15) is 47.4 Å². The lowest BCUT2D eigenvalue weighted by Gasteiger charge is -2.27. The van der Waals surface area contributed by atoms with E-state index in [1.807, 2.05) is 0 Å². The number of fused-ring (bicyclic) bond motifs is 2. The van der Waals surface area contributed by atoms with Gasteiger partial charge in [0.1, 0.15) is 0 Å². The first kappa shape index (κ1) is 21.4. The molecular formula is C21H22F3N3O4. The van der Waals surface area contributed by atoms with Crippen LogP contribution in [0.4, 0.5) is 18.9 Å². The van der Waals surface area contributed by atoms with Gasteiger partial charge in [-0.2, -0.15) is 18.3 Å². The number of aryl methyl sites for hydroxylation is 1. The fourth-order valence-corrected chi connectivity index (χ4v) is 4.45. The Kier molecular flexibility index (Phi) is 5.50. The van der Waals surface area contributed by atoms with Gasteiger partial charge in [0.25, 0.3) is 0 Å². The monoisotopic (exact) mass is 437 g/mol. The zero-order chi connectivity index (χ0) is 22.3. The third-order valence-electron chi connectivity index (χ3n) is 5.79. The van der Waals surface area contributed by atoms with E-state index in [9.17, 15) is 22.8 Å². The van der Waals surface area contributed by atoms with Crippen LogP contribution in [0.3, 0.4) is 0 Å². The second kappa shape index (κ2) is 7.99. The van der Waals surface area contributed by atoms with Crippen molar-refractivity contribution in [3.05, 3.63) is 47.3 Å². The van der Waals surface area contributed by atoms with Gasteiger partial charge in [-0.1, -0.05) is 0 Å². The van der Waals surface area contributed by atoms with E-state index in [-0.39, 0.29) is 24.7 Å². The number of anilines is 1. The molecule has 31 heavy (non-hydrogen) atoms. The molecule has 7 nitrogen and oxygen atoms in total. The number of alkyl halides is 3. The first-order chi connectivity index (χ1) is 14.7. The van der Waals surface area contributed by atoms with Gasteiger partial charge in [-0.05, 0) is 50.1 Å². The van der Waals surface area contributed by atoms with Crippen LogP contribution in [0.5, 0.6) is 0 Å². The van der Waals surface area contributed by atoms with Crippen molar-refractivity contribution in [1.29, 1.82) is 0 Å². The number of hydrogen-bond donors (Lipinski definition) is 1. The van der Waals surface area contributed by atoms with Crippen molar-refractivity contribution in [3.63, 3.8) is 0 Å². The smallest absolute Gasteiger partial charge is 0.435 e. The summed E-state index contributed by atoms with van der Waals surface area (Å²) >= 11 is 0. The molecule has 2 bridgehead atoms. The van der Waals surface area contributed by atoms with Crippen molar-refractivity contribution in [2.24, 2.45) is 13.0 Å². The van der Waals surface area contributed by atoms with E-state index in [1.165, 1.54) is 11.7 Å². The first-order valence-electron chi connectivity index (χ1n) is 10.0. The number of nitrogens with one attached hydrogen (secondary N) is 1. The molecule has 0 spiro atoms. The van der Waals surface area contributed by atoms with E-state index in [0.717, 1.165) is 6.07 Å². The topological polar surface area (TPSA) is 82.5 Å². The van der Waals surface area contributed by atoms with Crippen molar-refractivity contribution in [2.45, 2.75) is 44.1 Å². The number of esters is 1. The Morgan fingerprint density at radius 2 is 1.90 bits per heavy atom. The van der Waals surface area contributed by atoms with Gasteiger partial charge >= 0.3 is 12.1 Å². The predicted octanol–water partition coefficient (Wildman–Crippen LogP) is 3.52. The van der Waals surface area contributed by atoms with Gasteiger partial charge in [0.15, 0.2) is 5.69 Å². The van der Waals surface area contributed by atoms with Crippen molar-refractivity contribution >= 4 is 17.6 Å². The van der Waals surface area contributed by atoms with Crippen molar-refractivity contribution in [2.75, 3.05) is 11.9 Å². The summed E-state index contributed by atoms with van der Waals surface area (Å²) in [5.74, 6) is -1.96. The Hall–Kier alpha value is -2.88. The number of ether oxygens (including phenoxy) is 2. The van der Waals surface area contributed by atoms with E-state index in [2.05, 4.69) is 10.4 Å². The minimum atomic E-state index is -4.56. The lowest BCUT2D eigenvalue weighted by molar-refractivity contribution is -0.141. The molecule has 0 saturated carbocycles. The quantitative estimate of drug-likeness (QED) is 0.724. The molecule has 2 aliphatic rings. The Bertz CT molecular complexity index is 987. The van der Waals surface area contributed by atoms with Crippen LogP contribution >= 0.6 is 0 Å². The number of halogens is 3. The minimum Gasteiger partial charge on any atom is -0.462 e. The SMILES string of the molecule is CCOC(=O)c1ccc(NC(=O)[C@@H]2[C@H](c3cc(C(F)(F)F)nn3C)[C@@H]3CC[C@H]2O3)cc1. The van der Waals surface area contributed by atoms with E-state index in [4.69, 9.17) is 9.47 Å². The summed E-state index contributed by atoms with van der Waals surface area (Å²) in [5.41, 5.74) is 0.176. The molecule has 4 atom stereocenters. The molecule has 2 aliphatic heterocycles. The highest BCUT2D eigenvalue weighted by atomic mass is 19.4.